The molecule has 20 heavy (non-hydrogen) atoms. The number of piperidine rings is 1. The Balaban J connectivity index is 1.92. The standard InChI is InChI=1S/C13H10BrFN2O3/c14-6-3-7-8(9(15)4-6)5-17(13(7)20)10-1-2-11(18)16-12(10)19/h3-4,10H,1-2,5H2,(H,16,18,19). The molecule has 5 nitrogen and oxygen atoms in total. The van der Waals surface area contributed by atoms with Gasteiger partial charge < -0.3 is 4.90 Å². The number of rotatable bonds is 1. The summed E-state index contributed by atoms with van der Waals surface area (Å²) in [5.41, 5.74) is 0.560. The second kappa shape index (κ2) is 4.66. The number of benzene rings is 1. The summed E-state index contributed by atoms with van der Waals surface area (Å²) in [5, 5.41) is 2.20. The monoisotopic (exact) mass is 340 g/mol. The maximum atomic E-state index is 13.9. The molecule has 1 aromatic carbocycles. The predicted molar refractivity (Wildman–Crippen MR) is 70.1 cm³/mol. The van der Waals surface area contributed by atoms with E-state index in [2.05, 4.69) is 21.2 Å². The van der Waals surface area contributed by atoms with Gasteiger partial charge in [-0.3, -0.25) is 19.7 Å². The van der Waals surface area contributed by atoms with E-state index < -0.39 is 17.8 Å². The summed E-state index contributed by atoms with van der Waals surface area (Å²) in [5.74, 6) is -1.70. The van der Waals surface area contributed by atoms with Crippen molar-refractivity contribution in [2.24, 2.45) is 0 Å². The van der Waals surface area contributed by atoms with E-state index >= 15 is 0 Å². The molecule has 1 atom stereocenters. The van der Waals surface area contributed by atoms with Crippen molar-refractivity contribution >= 4 is 33.7 Å². The maximum Gasteiger partial charge on any atom is 0.255 e. The third kappa shape index (κ3) is 2.02. The molecule has 1 unspecified atom stereocenters. The summed E-state index contributed by atoms with van der Waals surface area (Å²) >= 11 is 3.14. The van der Waals surface area contributed by atoms with E-state index in [0.29, 0.717) is 10.0 Å². The average Bonchev–Trinajstić information content (AvgIpc) is 2.68. The highest BCUT2D eigenvalue weighted by molar-refractivity contribution is 9.10. The summed E-state index contributed by atoms with van der Waals surface area (Å²) in [6.45, 7) is 0.0551. The van der Waals surface area contributed by atoms with Crippen LogP contribution in [0.4, 0.5) is 4.39 Å². The quantitative estimate of drug-likeness (QED) is 0.785. The van der Waals surface area contributed by atoms with Gasteiger partial charge in [-0.2, -0.15) is 0 Å². The lowest BCUT2D eigenvalue weighted by Gasteiger charge is -2.29. The van der Waals surface area contributed by atoms with Crippen molar-refractivity contribution in [2.45, 2.75) is 25.4 Å². The van der Waals surface area contributed by atoms with Crippen LogP contribution in [0.15, 0.2) is 16.6 Å². The Kier molecular flexibility index (Phi) is 3.08. The normalized spacial score (nSPS) is 22.0. The van der Waals surface area contributed by atoms with Crippen molar-refractivity contribution in [3.63, 3.8) is 0 Å². The summed E-state index contributed by atoms with van der Waals surface area (Å²) in [6, 6.07) is 2.12. The molecule has 104 valence electrons. The van der Waals surface area contributed by atoms with E-state index in [9.17, 15) is 18.8 Å². The SMILES string of the molecule is O=C1CCC(N2Cc3c(F)cc(Br)cc3C2=O)C(=O)N1. The van der Waals surface area contributed by atoms with Crippen LogP contribution < -0.4 is 5.32 Å². The number of hydrogen-bond acceptors (Lipinski definition) is 3. The molecule has 2 aliphatic heterocycles. The number of amides is 3. The summed E-state index contributed by atoms with van der Waals surface area (Å²) in [6.07, 6.45) is 0.454. The largest absolute Gasteiger partial charge is 0.322 e. The molecule has 1 saturated heterocycles. The number of carbonyl (C=O) groups is 3. The van der Waals surface area contributed by atoms with Crippen LogP contribution in [0.3, 0.4) is 0 Å². The highest BCUT2D eigenvalue weighted by Gasteiger charge is 2.40. The first-order valence-corrected chi connectivity index (χ1v) is 6.89. The van der Waals surface area contributed by atoms with Crippen LogP contribution in [-0.2, 0) is 16.1 Å². The van der Waals surface area contributed by atoms with Gasteiger partial charge in [0, 0.05) is 22.0 Å². The minimum atomic E-state index is -0.717. The fourth-order valence-electron chi connectivity index (χ4n) is 2.58. The van der Waals surface area contributed by atoms with Gasteiger partial charge in [0.1, 0.15) is 11.9 Å². The molecular formula is C13H10BrFN2O3. The Morgan fingerprint density at radius 1 is 1.30 bits per heavy atom. The van der Waals surface area contributed by atoms with E-state index in [0.717, 1.165) is 0 Å². The van der Waals surface area contributed by atoms with Crippen molar-refractivity contribution in [1.82, 2.24) is 10.2 Å². The van der Waals surface area contributed by atoms with Crippen molar-refractivity contribution in [2.75, 3.05) is 0 Å². The van der Waals surface area contributed by atoms with E-state index in [-0.39, 0.29) is 36.8 Å². The maximum absolute atomic E-state index is 13.9. The Morgan fingerprint density at radius 3 is 2.75 bits per heavy atom. The van der Waals surface area contributed by atoms with Crippen LogP contribution in [0.5, 0.6) is 0 Å². The zero-order valence-corrected chi connectivity index (χ0v) is 11.9. The Morgan fingerprint density at radius 2 is 2.05 bits per heavy atom. The number of halogens is 2. The number of carbonyl (C=O) groups excluding carboxylic acids is 3. The van der Waals surface area contributed by atoms with Gasteiger partial charge in [-0.15, -0.1) is 0 Å². The first-order valence-electron chi connectivity index (χ1n) is 6.10. The van der Waals surface area contributed by atoms with Gasteiger partial charge in [0.15, 0.2) is 0 Å². The fourth-order valence-corrected chi connectivity index (χ4v) is 3.01. The van der Waals surface area contributed by atoms with Crippen molar-refractivity contribution in [1.29, 1.82) is 0 Å². The molecule has 0 spiro atoms. The van der Waals surface area contributed by atoms with E-state index in [4.69, 9.17) is 0 Å². The van der Waals surface area contributed by atoms with Gasteiger partial charge in [0.25, 0.3) is 5.91 Å². The first-order chi connectivity index (χ1) is 9.47. The van der Waals surface area contributed by atoms with Gasteiger partial charge in [-0.1, -0.05) is 15.9 Å². The van der Waals surface area contributed by atoms with Gasteiger partial charge in [-0.05, 0) is 18.6 Å². The second-order valence-corrected chi connectivity index (χ2v) is 5.73. The Hall–Kier alpha value is -1.76. The Bertz CT molecular complexity index is 647. The van der Waals surface area contributed by atoms with Crippen LogP contribution in [0.25, 0.3) is 0 Å². The molecular weight excluding hydrogens is 331 g/mol. The lowest BCUT2D eigenvalue weighted by Crippen LogP contribution is -2.52. The van der Waals surface area contributed by atoms with Gasteiger partial charge in [0.2, 0.25) is 11.8 Å². The van der Waals surface area contributed by atoms with Crippen molar-refractivity contribution < 1.29 is 18.8 Å². The molecule has 7 heteroatoms. The number of imide groups is 1. The molecule has 1 N–H and O–H groups in total. The smallest absolute Gasteiger partial charge is 0.255 e. The molecule has 3 amide bonds. The van der Waals surface area contributed by atoms with E-state index in [1.807, 2.05) is 0 Å². The zero-order chi connectivity index (χ0) is 14.4. The molecule has 0 aromatic heterocycles. The number of nitrogens with zero attached hydrogens (tertiary/aromatic N) is 1. The number of fused-ring (bicyclic) bond motifs is 1. The zero-order valence-electron chi connectivity index (χ0n) is 10.3. The van der Waals surface area contributed by atoms with Crippen molar-refractivity contribution in [3.05, 3.63) is 33.5 Å². The lowest BCUT2D eigenvalue weighted by molar-refractivity contribution is -0.136. The molecule has 1 aromatic rings. The molecule has 2 aliphatic rings. The minimum absolute atomic E-state index is 0.0551. The number of nitrogens with one attached hydrogen (secondary N) is 1. The minimum Gasteiger partial charge on any atom is -0.322 e. The third-order valence-corrected chi connectivity index (χ3v) is 4.02. The topological polar surface area (TPSA) is 66.5 Å². The van der Waals surface area contributed by atoms with Crippen LogP contribution in [0, 0.1) is 5.82 Å². The molecule has 0 aliphatic carbocycles. The number of hydrogen-bond donors (Lipinski definition) is 1. The fraction of sp³-hybridized carbons (Fsp3) is 0.308. The van der Waals surface area contributed by atoms with Crippen LogP contribution in [0.2, 0.25) is 0 Å². The lowest BCUT2D eigenvalue weighted by atomic mass is 10.0. The molecule has 1 fully saturated rings. The highest BCUT2D eigenvalue weighted by atomic mass is 79.9. The highest BCUT2D eigenvalue weighted by Crippen LogP contribution is 2.31. The van der Waals surface area contributed by atoms with Gasteiger partial charge in [-0.25, -0.2) is 4.39 Å². The third-order valence-electron chi connectivity index (χ3n) is 3.57. The van der Waals surface area contributed by atoms with E-state index in [1.54, 1.807) is 6.07 Å². The molecule has 0 saturated carbocycles. The molecule has 0 bridgehead atoms. The summed E-state index contributed by atoms with van der Waals surface area (Å²) < 4.78 is 14.3. The van der Waals surface area contributed by atoms with Crippen LogP contribution in [-0.4, -0.2) is 28.7 Å². The molecule has 0 radical (unpaired) electrons. The van der Waals surface area contributed by atoms with Crippen LogP contribution in [0.1, 0.15) is 28.8 Å². The molecule has 3 rings (SSSR count). The van der Waals surface area contributed by atoms with Gasteiger partial charge >= 0.3 is 0 Å². The second-order valence-electron chi connectivity index (χ2n) is 4.81. The first kappa shape index (κ1) is 13.2. The van der Waals surface area contributed by atoms with Crippen molar-refractivity contribution in [3.8, 4) is 0 Å². The summed E-state index contributed by atoms with van der Waals surface area (Å²) in [4.78, 5) is 36.6. The van der Waals surface area contributed by atoms with Crippen LogP contribution >= 0.6 is 15.9 Å². The average molecular weight is 341 g/mol. The summed E-state index contributed by atoms with van der Waals surface area (Å²) in [7, 11) is 0. The van der Waals surface area contributed by atoms with E-state index in [1.165, 1.54) is 11.0 Å². The van der Waals surface area contributed by atoms with Gasteiger partial charge in [0.05, 0.1) is 6.54 Å². The predicted octanol–water partition coefficient (Wildman–Crippen LogP) is 1.35. The Labute approximate surface area is 122 Å². The molecule has 2 heterocycles.